The van der Waals surface area contributed by atoms with E-state index < -0.39 is 17.9 Å². The number of aliphatic hydroxyl groups excluding tert-OH is 1. The molecule has 7 heteroatoms. The minimum atomic E-state index is -0.563. The number of allylic oxidation sites excluding steroid dienone is 2. The number of carbonyl (C=O) groups excluding carboxylic acids is 2. The maximum Gasteiger partial charge on any atom is 0.258 e. The molecule has 1 fully saturated rings. The average molecular weight is 414 g/mol. The number of nitrogens with one attached hydrogen (secondary N) is 1. The van der Waals surface area contributed by atoms with Gasteiger partial charge in [0.1, 0.15) is 0 Å². The van der Waals surface area contributed by atoms with Gasteiger partial charge in [0.15, 0.2) is 0 Å². The van der Waals surface area contributed by atoms with Gasteiger partial charge in [0.25, 0.3) is 5.56 Å². The highest BCUT2D eigenvalue weighted by Crippen LogP contribution is 2.48. The van der Waals surface area contributed by atoms with Crippen LogP contribution in [0.2, 0.25) is 0 Å². The SMILES string of the molecule is CCCNC(=O)[C@@H]1[C@@H](CO)[C@@H]2Cn3c(ccc(C4=CCCC4)c3=O)[C@H]1N2C(=O)CC. The number of rotatable bonds is 6. The molecular formula is C23H31N3O4. The Labute approximate surface area is 176 Å². The smallest absolute Gasteiger partial charge is 0.258 e. The predicted molar refractivity (Wildman–Crippen MR) is 114 cm³/mol. The van der Waals surface area contributed by atoms with Crippen LogP contribution in [0.25, 0.3) is 5.57 Å². The molecule has 7 nitrogen and oxygen atoms in total. The number of nitrogens with zero attached hydrogens (tertiary/aromatic N) is 2. The van der Waals surface area contributed by atoms with Crippen molar-refractivity contribution in [1.82, 2.24) is 14.8 Å². The van der Waals surface area contributed by atoms with E-state index >= 15 is 0 Å². The first-order valence-electron chi connectivity index (χ1n) is 11.2. The van der Waals surface area contributed by atoms with Crippen LogP contribution in [0.3, 0.4) is 0 Å². The summed E-state index contributed by atoms with van der Waals surface area (Å²) in [4.78, 5) is 41.1. The Hall–Kier alpha value is -2.41. The van der Waals surface area contributed by atoms with E-state index in [9.17, 15) is 19.5 Å². The molecule has 0 spiro atoms. The van der Waals surface area contributed by atoms with Gasteiger partial charge in [0.05, 0.1) is 18.0 Å². The van der Waals surface area contributed by atoms with Crippen molar-refractivity contribution in [2.75, 3.05) is 13.2 Å². The molecule has 0 aromatic carbocycles. The Morgan fingerprint density at radius 1 is 1.27 bits per heavy atom. The highest BCUT2D eigenvalue weighted by molar-refractivity contribution is 5.84. The first kappa shape index (κ1) is 20.8. The van der Waals surface area contributed by atoms with E-state index in [1.165, 1.54) is 0 Å². The largest absolute Gasteiger partial charge is 0.396 e. The van der Waals surface area contributed by atoms with Crippen molar-refractivity contribution in [3.63, 3.8) is 0 Å². The zero-order chi connectivity index (χ0) is 21.4. The minimum Gasteiger partial charge on any atom is -0.396 e. The van der Waals surface area contributed by atoms with Crippen LogP contribution in [0.4, 0.5) is 0 Å². The predicted octanol–water partition coefficient (Wildman–Crippen LogP) is 1.84. The van der Waals surface area contributed by atoms with Crippen molar-refractivity contribution in [2.24, 2.45) is 11.8 Å². The number of fused-ring (bicyclic) bond motifs is 4. The van der Waals surface area contributed by atoms with Gasteiger partial charge in [-0.05, 0) is 43.4 Å². The molecule has 4 atom stereocenters. The van der Waals surface area contributed by atoms with Crippen LogP contribution >= 0.6 is 0 Å². The summed E-state index contributed by atoms with van der Waals surface area (Å²) in [6.45, 7) is 4.46. The fraction of sp³-hybridized carbons (Fsp3) is 0.609. The van der Waals surface area contributed by atoms with Gasteiger partial charge in [-0.15, -0.1) is 0 Å². The molecule has 1 aliphatic carbocycles. The fourth-order valence-corrected chi connectivity index (χ4v) is 5.46. The maximum absolute atomic E-state index is 13.4. The number of aromatic nitrogens is 1. The molecule has 162 valence electrons. The minimum absolute atomic E-state index is 0.0458. The lowest BCUT2D eigenvalue weighted by Gasteiger charge is -2.38. The van der Waals surface area contributed by atoms with E-state index in [2.05, 4.69) is 11.4 Å². The van der Waals surface area contributed by atoms with Crippen LogP contribution in [-0.2, 0) is 16.1 Å². The Kier molecular flexibility index (Phi) is 5.82. The number of aliphatic hydroxyl groups is 1. The molecule has 0 unspecified atom stereocenters. The topological polar surface area (TPSA) is 91.6 Å². The molecule has 2 N–H and O–H groups in total. The van der Waals surface area contributed by atoms with E-state index in [1.54, 1.807) is 16.4 Å². The molecule has 30 heavy (non-hydrogen) atoms. The quantitative estimate of drug-likeness (QED) is 0.745. The van der Waals surface area contributed by atoms with Crippen LogP contribution in [0, 0.1) is 11.8 Å². The maximum atomic E-state index is 13.4. The molecule has 1 saturated heterocycles. The van der Waals surface area contributed by atoms with Gasteiger partial charge in [-0.3, -0.25) is 14.4 Å². The first-order valence-corrected chi connectivity index (χ1v) is 11.2. The van der Waals surface area contributed by atoms with Gasteiger partial charge in [-0.25, -0.2) is 0 Å². The second kappa shape index (κ2) is 8.38. The number of hydrogen-bond acceptors (Lipinski definition) is 4. The zero-order valence-corrected chi connectivity index (χ0v) is 17.8. The summed E-state index contributed by atoms with van der Waals surface area (Å²) in [7, 11) is 0. The van der Waals surface area contributed by atoms with Crippen LogP contribution in [0.15, 0.2) is 23.0 Å². The third-order valence-electron chi connectivity index (χ3n) is 6.87. The van der Waals surface area contributed by atoms with Gasteiger partial charge in [0, 0.05) is 43.3 Å². The summed E-state index contributed by atoms with van der Waals surface area (Å²) in [5.41, 5.74) is 2.46. The van der Waals surface area contributed by atoms with Crippen LogP contribution in [0.5, 0.6) is 0 Å². The van der Waals surface area contributed by atoms with Crippen molar-refractivity contribution in [2.45, 2.75) is 64.6 Å². The molecule has 2 aliphatic heterocycles. The van der Waals surface area contributed by atoms with Crippen molar-refractivity contribution >= 4 is 17.4 Å². The third-order valence-corrected chi connectivity index (χ3v) is 6.87. The van der Waals surface area contributed by atoms with Crippen LogP contribution in [0.1, 0.15) is 63.3 Å². The van der Waals surface area contributed by atoms with Gasteiger partial charge in [-0.1, -0.05) is 19.9 Å². The lowest BCUT2D eigenvalue weighted by Crippen LogP contribution is -2.49. The van der Waals surface area contributed by atoms with Crippen molar-refractivity contribution < 1.29 is 14.7 Å². The second-order valence-corrected chi connectivity index (χ2v) is 8.54. The molecule has 4 rings (SSSR count). The van der Waals surface area contributed by atoms with Crippen molar-refractivity contribution in [1.29, 1.82) is 0 Å². The summed E-state index contributed by atoms with van der Waals surface area (Å²) >= 11 is 0. The van der Waals surface area contributed by atoms with Gasteiger partial charge in [0.2, 0.25) is 11.8 Å². The summed E-state index contributed by atoms with van der Waals surface area (Å²) < 4.78 is 1.75. The van der Waals surface area contributed by atoms with E-state index in [0.29, 0.717) is 25.2 Å². The molecule has 3 aliphatic rings. The Morgan fingerprint density at radius 2 is 2.07 bits per heavy atom. The van der Waals surface area contributed by atoms with Crippen molar-refractivity contribution in [3.05, 3.63) is 39.8 Å². The third kappa shape index (κ3) is 3.20. The van der Waals surface area contributed by atoms with E-state index in [4.69, 9.17) is 0 Å². The first-order chi connectivity index (χ1) is 14.5. The number of amides is 2. The highest BCUT2D eigenvalue weighted by Gasteiger charge is 2.57. The van der Waals surface area contributed by atoms with E-state index in [1.807, 2.05) is 19.1 Å². The van der Waals surface area contributed by atoms with E-state index in [-0.39, 0.29) is 30.0 Å². The van der Waals surface area contributed by atoms with Gasteiger partial charge < -0.3 is 19.9 Å². The lowest BCUT2D eigenvalue weighted by molar-refractivity contribution is -0.136. The normalized spacial score (nSPS) is 27.0. The number of hydrogen-bond donors (Lipinski definition) is 2. The van der Waals surface area contributed by atoms with Gasteiger partial charge in [-0.2, -0.15) is 0 Å². The molecule has 3 heterocycles. The van der Waals surface area contributed by atoms with E-state index in [0.717, 1.165) is 36.8 Å². The summed E-state index contributed by atoms with van der Waals surface area (Å²) in [5, 5.41) is 13.1. The molecule has 2 amide bonds. The Balaban J connectivity index is 1.82. The molecule has 0 saturated carbocycles. The summed E-state index contributed by atoms with van der Waals surface area (Å²) in [5.74, 6) is -1.15. The lowest BCUT2D eigenvalue weighted by atomic mass is 9.86. The monoisotopic (exact) mass is 413 g/mol. The standard InChI is InChI=1S/C23H31N3O4/c1-3-11-24-22(29)20-16(13-27)18-12-25-17(21(20)26(18)19(28)4-2)10-9-15(23(25)30)14-7-5-6-8-14/h7,9-10,16,18,20-21,27H,3-6,8,11-13H2,1-2H3,(H,24,29)/t16-,18-,20+,21+/m0/s1. The van der Waals surface area contributed by atoms with Gasteiger partial charge >= 0.3 is 0 Å². The Bertz CT molecular complexity index is 935. The van der Waals surface area contributed by atoms with Crippen LogP contribution in [-0.4, -0.2) is 45.6 Å². The van der Waals surface area contributed by atoms with Crippen LogP contribution < -0.4 is 10.9 Å². The molecule has 1 aromatic rings. The average Bonchev–Trinajstić information content (AvgIpc) is 3.36. The summed E-state index contributed by atoms with van der Waals surface area (Å²) in [6.07, 6.45) is 6.22. The van der Waals surface area contributed by atoms with Crippen molar-refractivity contribution in [3.8, 4) is 0 Å². The number of carbonyl (C=O) groups is 2. The Morgan fingerprint density at radius 3 is 2.70 bits per heavy atom. The second-order valence-electron chi connectivity index (χ2n) is 8.54. The highest BCUT2D eigenvalue weighted by atomic mass is 16.3. The molecule has 1 aromatic heterocycles. The zero-order valence-electron chi connectivity index (χ0n) is 17.8. The molecule has 2 bridgehead atoms. The fourth-order valence-electron chi connectivity index (χ4n) is 5.46. The molecule has 0 radical (unpaired) electrons. The summed E-state index contributed by atoms with van der Waals surface area (Å²) in [6, 6.07) is 2.88. The number of pyridine rings is 1. The molecular weight excluding hydrogens is 382 g/mol.